The molecule has 1 aliphatic carbocycles. The highest BCUT2D eigenvalue weighted by atomic mass is 19.1. The number of halogens is 1. The van der Waals surface area contributed by atoms with Gasteiger partial charge in [0.05, 0.1) is 0 Å². The fraction of sp³-hybridized carbons (Fsp3) is 0.423. The molecule has 186 valence electrons. The Morgan fingerprint density at radius 1 is 0.943 bits per heavy atom. The van der Waals surface area contributed by atoms with Crippen LogP contribution >= 0.6 is 0 Å². The van der Waals surface area contributed by atoms with Crippen LogP contribution in [-0.4, -0.2) is 59.0 Å². The molecule has 2 aromatic carbocycles. The number of urea groups is 1. The van der Waals surface area contributed by atoms with Crippen molar-refractivity contribution in [1.29, 1.82) is 0 Å². The van der Waals surface area contributed by atoms with Crippen molar-refractivity contribution >= 4 is 23.5 Å². The second-order valence-electron chi connectivity index (χ2n) is 9.50. The fourth-order valence-corrected chi connectivity index (χ4v) is 4.91. The van der Waals surface area contributed by atoms with Gasteiger partial charge in [-0.25, -0.2) is 9.18 Å². The molecular formula is C26H32FN5O3. The monoisotopic (exact) mass is 481 g/mol. The van der Waals surface area contributed by atoms with Gasteiger partial charge >= 0.3 is 6.03 Å². The molecule has 1 saturated carbocycles. The summed E-state index contributed by atoms with van der Waals surface area (Å²) in [4.78, 5) is 42.7. The molecule has 0 bridgehead atoms. The lowest BCUT2D eigenvalue weighted by Gasteiger charge is -2.32. The van der Waals surface area contributed by atoms with E-state index in [4.69, 9.17) is 5.73 Å². The molecule has 1 aliphatic heterocycles. The van der Waals surface area contributed by atoms with Gasteiger partial charge in [0.2, 0.25) is 0 Å². The van der Waals surface area contributed by atoms with Gasteiger partial charge in [0.1, 0.15) is 5.82 Å². The van der Waals surface area contributed by atoms with Crippen LogP contribution in [0.4, 0.5) is 14.9 Å². The van der Waals surface area contributed by atoms with E-state index in [-0.39, 0.29) is 30.7 Å². The van der Waals surface area contributed by atoms with Gasteiger partial charge in [-0.15, -0.1) is 0 Å². The highest BCUT2D eigenvalue weighted by Gasteiger charge is 2.43. The number of rotatable bonds is 4. The van der Waals surface area contributed by atoms with E-state index >= 15 is 0 Å². The van der Waals surface area contributed by atoms with E-state index in [0.29, 0.717) is 5.69 Å². The lowest BCUT2D eigenvalue weighted by Crippen LogP contribution is -2.56. The summed E-state index contributed by atoms with van der Waals surface area (Å²) >= 11 is 0. The van der Waals surface area contributed by atoms with Crippen molar-refractivity contribution in [3.05, 3.63) is 65.0 Å². The Labute approximate surface area is 204 Å². The van der Waals surface area contributed by atoms with Gasteiger partial charge in [-0.3, -0.25) is 14.5 Å². The van der Waals surface area contributed by atoms with Crippen LogP contribution < -0.4 is 16.4 Å². The molecule has 1 atom stereocenters. The zero-order valence-corrected chi connectivity index (χ0v) is 20.1. The maximum absolute atomic E-state index is 13.8. The Morgan fingerprint density at radius 3 is 2.26 bits per heavy atom. The number of anilines is 1. The standard InChI is InChI=1S/C26H32FN5O3/c1-16-12-17(2)14-22(13-16)30-26(35)32-11-10-31(25(34)18-4-3-5-19(27)15-18)24(32)23(33)29-21-8-6-20(28)7-9-21/h3-5,12-15,20-21,24H,6-11,28H2,1-2H3,(H,29,33)(H,30,35). The normalized spacial score (nSPS) is 22.1. The van der Waals surface area contributed by atoms with Crippen molar-refractivity contribution in [1.82, 2.24) is 15.1 Å². The minimum Gasteiger partial charge on any atom is -0.350 e. The van der Waals surface area contributed by atoms with Crippen LogP contribution in [0.2, 0.25) is 0 Å². The summed E-state index contributed by atoms with van der Waals surface area (Å²) in [6, 6.07) is 10.6. The molecule has 1 unspecified atom stereocenters. The number of carbonyl (C=O) groups is 3. The largest absolute Gasteiger partial charge is 0.350 e. The van der Waals surface area contributed by atoms with E-state index in [1.165, 1.54) is 28.0 Å². The van der Waals surface area contributed by atoms with E-state index in [1.54, 1.807) is 0 Å². The first-order valence-electron chi connectivity index (χ1n) is 12.0. The van der Waals surface area contributed by atoms with Crippen molar-refractivity contribution in [2.75, 3.05) is 18.4 Å². The minimum absolute atomic E-state index is 0.0710. The molecule has 4 rings (SSSR count). The zero-order chi connectivity index (χ0) is 25.1. The molecule has 4 amide bonds. The molecular weight excluding hydrogens is 449 g/mol. The van der Waals surface area contributed by atoms with Crippen LogP contribution in [0.1, 0.15) is 47.2 Å². The van der Waals surface area contributed by atoms with Crippen LogP contribution in [0.5, 0.6) is 0 Å². The molecule has 2 aromatic rings. The Hall–Kier alpha value is -3.46. The number of nitrogens with one attached hydrogen (secondary N) is 2. The number of carbonyl (C=O) groups excluding carboxylic acids is 3. The second kappa shape index (κ2) is 10.4. The predicted octanol–water partition coefficient (Wildman–Crippen LogP) is 3.14. The first kappa shape index (κ1) is 24.7. The molecule has 0 aromatic heterocycles. The molecule has 2 fully saturated rings. The number of hydrogen-bond donors (Lipinski definition) is 3. The van der Waals surface area contributed by atoms with E-state index in [9.17, 15) is 18.8 Å². The third-order valence-electron chi connectivity index (χ3n) is 6.59. The summed E-state index contributed by atoms with van der Waals surface area (Å²) in [5.41, 5.74) is 8.72. The van der Waals surface area contributed by atoms with E-state index in [0.717, 1.165) is 42.9 Å². The van der Waals surface area contributed by atoms with Gasteiger partial charge in [-0.2, -0.15) is 0 Å². The van der Waals surface area contributed by atoms with Gasteiger partial charge in [0.25, 0.3) is 11.8 Å². The van der Waals surface area contributed by atoms with Crippen LogP contribution in [0, 0.1) is 19.7 Å². The third-order valence-corrected chi connectivity index (χ3v) is 6.59. The summed E-state index contributed by atoms with van der Waals surface area (Å²) in [7, 11) is 0. The van der Waals surface area contributed by atoms with E-state index in [1.807, 2.05) is 32.0 Å². The van der Waals surface area contributed by atoms with E-state index < -0.39 is 29.8 Å². The lowest BCUT2D eigenvalue weighted by atomic mass is 9.92. The average molecular weight is 482 g/mol. The summed E-state index contributed by atoms with van der Waals surface area (Å²) < 4.78 is 13.8. The van der Waals surface area contributed by atoms with Crippen LogP contribution in [0.25, 0.3) is 0 Å². The van der Waals surface area contributed by atoms with Crippen LogP contribution in [-0.2, 0) is 4.79 Å². The zero-order valence-electron chi connectivity index (χ0n) is 20.1. The summed E-state index contributed by atoms with van der Waals surface area (Å²) in [5, 5.41) is 5.87. The topological polar surface area (TPSA) is 108 Å². The maximum atomic E-state index is 13.8. The van der Waals surface area contributed by atoms with Gasteiger partial charge in [0.15, 0.2) is 6.17 Å². The second-order valence-corrected chi connectivity index (χ2v) is 9.50. The Kier molecular flexibility index (Phi) is 7.35. The summed E-state index contributed by atoms with van der Waals surface area (Å²) in [5.74, 6) is -1.47. The maximum Gasteiger partial charge on any atom is 0.323 e. The van der Waals surface area contributed by atoms with Crippen molar-refractivity contribution in [3.8, 4) is 0 Å². The molecule has 8 nitrogen and oxygen atoms in total. The molecule has 4 N–H and O–H groups in total. The first-order valence-corrected chi connectivity index (χ1v) is 12.0. The van der Waals surface area contributed by atoms with Crippen LogP contribution in [0.15, 0.2) is 42.5 Å². The molecule has 0 radical (unpaired) electrons. The smallest absolute Gasteiger partial charge is 0.323 e. The number of nitrogens with two attached hydrogens (primary N) is 1. The first-order chi connectivity index (χ1) is 16.7. The third kappa shape index (κ3) is 5.79. The van der Waals surface area contributed by atoms with Gasteiger partial charge in [0, 0.05) is 36.4 Å². The highest BCUT2D eigenvalue weighted by Crippen LogP contribution is 2.23. The number of benzene rings is 2. The van der Waals surface area contributed by atoms with Crippen molar-refractivity contribution in [2.24, 2.45) is 5.73 Å². The summed E-state index contributed by atoms with van der Waals surface area (Å²) in [6.07, 6.45) is 1.95. The minimum atomic E-state index is -1.15. The molecule has 9 heteroatoms. The van der Waals surface area contributed by atoms with Gasteiger partial charge in [-0.1, -0.05) is 12.1 Å². The SMILES string of the molecule is Cc1cc(C)cc(NC(=O)N2CCN(C(=O)c3cccc(F)c3)C2C(=O)NC2CCC(N)CC2)c1. The number of aryl methyl sites for hydroxylation is 2. The van der Waals surface area contributed by atoms with E-state index in [2.05, 4.69) is 10.6 Å². The summed E-state index contributed by atoms with van der Waals surface area (Å²) in [6.45, 7) is 4.20. The number of hydrogen-bond acceptors (Lipinski definition) is 4. The molecule has 35 heavy (non-hydrogen) atoms. The lowest BCUT2D eigenvalue weighted by molar-refractivity contribution is -0.128. The highest BCUT2D eigenvalue weighted by molar-refractivity contribution is 6.00. The number of nitrogens with zero attached hydrogens (tertiary/aromatic N) is 2. The molecule has 1 heterocycles. The Morgan fingerprint density at radius 2 is 1.60 bits per heavy atom. The predicted molar refractivity (Wildman–Crippen MR) is 131 cm³/mol. The number of amides is 4. The average Bonchev–Trinajstić information content (AvgIpc) is 3.25. The van der Waals surface area contributed by atoms with Gasteiger partial charge < -0.3 is 21.3 Å². The quantitative estimate of drug-likeness (QED) is 0.624. The van der Waals surface area contributed by atoms with Crippen molar-refractivity contribution in [3.63, 3.8) is 0 Å². The Balaban J connectivity index is 1.57. The van der Waals surface area contributed by atoms with Crippen LogP contribution in [0.3, 0.4) is 0 Å². The van der Waals surface area contributed by atoms with Gasteiger partial charge in [-0.05, 0) is 81.0 Å². The van der Waals surface area contributed by atoms with Crippen molar-refractivity contribution in [2.45, 2.75) is 57.8 Å². The Bertz CT molecular complexity index is 1100. The molecule has 1 saturated heterocycles. The molecule has 0 spiro atoms. The van der Waals surface area contributed by atoms with Crippen molar-refractivity contribution < 1.29 is 18.8 Å². The fourth-order valence-electron chi connectivity index (χ4n) is 4.91. The molecule has 2 aliphatic rings.